The van der Waals surface area contributed by atoms with Gasteiger partial charge in [0.1, 0.15) is 18.0 Å². The van der Waals surface area contributed by atoms with Crippen molar-refractivity contribution in [2.24, 2.45) is 0 Å². The summed E-state index contributed by atoms with van der Waals surface area (Å²) in [6.45, 7) is 6.72. The number of piperazine rings is 1. The maximum atomic E-state index is 13.3. The molecule has 5 aromatic rings. The average molecular weight is 559 g/mol. The summed E-state index contributed by atoms with van der Waals surface area (Å²) in [5.41, 5.74) is 10.6. The van der Waals surface area contributed by atoms with Crippen LogP contribution in [0.15, 0.2) is 54.3 Å². The number of halogens is 1. The number of nitrogen functional groups attached to an aromatic ring is 1. The number of amides is 1. The zero-order valence-electron chi connectivity index (χ0n) is 21.3. The first-order chi connectivity index (χ1) is 19.0. The van der Waals surface area contributed by atoms with E-state index < -0.39 is 0 Å². The molecule has 0 spiro atoms. The van der Waals surface area contributed by atoms with Crippen molar-refractivity contribution >= 4 is 72.8 Å². The molecule has 2 aromatic carbocycles. The minimum Gasteiger partial charge on any atom is -0.382 e. The van der Waals surface area contributed by atoms with Gasteiger partial charge in [0.05, 0.1) is 21.5 Å². The minimum absolute atomic E-state index is 0.253. The smallest absolute Gasteiger partial charge is 0.258 e. The molecule has 1 aliphatic rings. The van der Waals surface area contributed by atoms with Crippen molar-refractivity contribution < 1.29 is 4.79 Å². The van der Waals surface area contributed by atoms with E-state index in [2.05, 4.69) is 41.9 Å². The summed E-state index contributed by atoms with van der Waals surface area (Å²) in [4.78, 5) is 28.7. The highest BCUT2D eigenvalue weighted by Gasteiger charge is 2.19. The standard InChI is InChI=1S/C28H27ClN8OS/c1-16-2-4-20-19(23(16)36-28(38)21-14-39-25-24(21)33-15-34-26(25)30)6-7-32-27(20)35-18-3-5-22(29)17(12-18)13-37-10-8-31-9-11-37/h2-7,12,14-15,31H,8-11,13H2,1H3,(H,32,35)(H,36,38)(H2,30,33,34). The first kappa shape index (κ1) is 25.4. The zero-order valence-corrected chi connectivity index (χ0v) is 22.9. The molecule has 6 rings (SSSR count). The lowest BCUT2D eigenvalue weighted by atomic mass is 10.0. The number of carbonyl (C=O) groups excluding carboxylic acids is 1. The first-order valence-corrected chi connectivity index (χ1v) is 13.9. The van der Waals surface area contributed by atoms with E-state index in [0.717, 1.165) is 71.0 Å². The zero-order chi connectivity index (χ0) is 26.9. The Morgan fingerprint density at radius 3 is 2.82 bits per heavy atom. The fourth-order valence-electron chi connectivity index (χ4n) is 4.86. The molecule has 1 fully saturated rings. The predicted octanol–water partition coefficient (Wildman–Crippen LogP) is 5.18. The second kappa shape index (κ2) is 10.7. The predicted molar refractivity (Wildman–Crippen MR) is 159 cm³/mol. The molecule has 4 heterocycles. The van der Waals surface area contributed by atoms with E-state index in [9.17, 15) is 4.79 Å². The van der Waals surface area contributed by atoms with Crippen LogP contribution < -0.4 is 21.7 Å². The molecule has 3 aromatic heterocycles. The van der Waals surface area contributed by atoms with Gasteiger partial charge in [-0.2, -0.15) is 0 Å². The Balaban J connectivity index is 1.30. The molecule has 5 N–H and O–H groups in total. The van der Waals surface area contributed by atoms with Gasteiger partial charge in [-0.3, -0.25) is 9.69 Å². The van der Waals surface area contributed by atoms with Gasteiger partial charge in [-0.05, 0) is 42.3 Å². The molecule has 9 nitrogen and oxygen atoms in total. The van der Waals surface area contributed by atoms with Gasteiger partial charge < -0.3 is 21.7 Å². The third-order valence-electron chi connectivity index (χ3n) is 6.93. The topological polar surface area (TPSA) is 121 Å². The molecule has 39 heavy (non-hydrogen) atoms. The largest absolute Gasteiger partial charge is 0.382 e. The Labute approximate surface area is 234 Å². The van der Waals surface area contributed by atoms with Crippen LogP contribution in [0.5, 0.6) is 0 Å². The van der Waals surface area contributed by atoms with Crippen LogP contribution in [0.4, 0.5) is 23.0 Å². The molecule has 0 radical (unpaired) electrons. The number of fused-ring (bicyclic) bond motifs is 2. The van der Waals surface area contributed by atoms with Gasteiger partial charge in [-0.15, -0.1) is 11.3 Å². The van der Waals surface area contributed by atoms with Gasteiger partial charge in [-0.25, -0.2) is 15.0 Å². The first-order valence-electron chi connectivity index (χ1n) is 12.6. The number of carbonyl (C=O) groups is 1. The number of nitrogens with two attached hydrogens (primary N) is 1. The summed E-state index contributed by atoms with van der Waals surface area (Å²) >= 11 is 7.90. The minimum atomic E-state index is -0.253. The summed E-state index contributed by atoms with van der Waals surface area (Å²) in [5.74, 6) is 0.807. The number of anilines is 4. The second-order valence-corrected chi connectivity index (χ2v) is 10.8. The highest BCUT2D eigenvalue weighted by molar-refractivity contribution is 7.18. The van der Waals surface area contributed by atoms with E-state index >= 15 is 0 Å². The van der Waals surface area contributed by atoms with Crippen LogP contribution in [0.1, 0.15) is 21.5 Å². The van der Waals surface area contributed by atoms with Gasteiger partial charge in [0.15, 0.2) is 0 Å². The monoisotopic (exact) mass is 558 g/mol. The van der Waals surface area contributed by atoms with Crippen molar-refractivity contribution in [2.45, 2.75) is 13.5 Å². The summed E-state index contributed by atoms with van der Waals surface area (Å²) in [5, 5.41) is 14.2. The Hall–Kier alpha value is -3.83. The van der Waals surface area contributed by atoms with E-state index in [1.165, 1.54) is 17.7 Å². The van der Waals surface area contributed by atoms with Crippen LogP contribution in [0.25, 0.3) is 21.0 Å². The van der Waals surface area contributed by atoms with Gasteiger partial charge in [0, 0.05) is 65.8 Å². The molecule has 11 heteroatoms. The molecule has 198 valence electrons. The van der Waals surface area contributed by atoms with Gasteiger partial charge in [0.2, 0.25) is 0 Å². The SMILES string of the molecule is Cc1ccc2c(Nc3ccc(Cl)c(CN4CCNCC4)c3)nccc2c1NC(=O)c1csc2c(N)ncnc12. The highest BCUT2D eigenvalue weighted by Crippen LogP contribution is 2.34. The fourth-order valence-corrected chi connectivity index (χ4v) is 5.94. The van der Waals surface area contributed by atoms with Crippen molar-refractivity contribution in [3.8, 4) is 0 Å². The number of hydrogen-bond acceptors (Lipinski definition) is 9. The van der Waals surface area contributed by atoms with Crippen molar-refractivity contribution in [1.82, 2.24) is 25.2 Å². The Morgan fingerprint density at radius 1 is 1.13 bits per heavy atom. The normalized spacial score (nSPS) is 14.1. The number of benzene rings is 2. The van der Waals surface area contributed by atoms with E-state index in [-0.39, 0.29) is 5.91 Å². The number of nitrogens with one attached hydrogen (secondary N) is 3. The third kappa shape index (κ3) is 5.11. The van der Waals surface area contributed by atoms with Crippen molar-refractivity contribution in [3.63, 3.8) is 0 Å². The van der Waals surface area contributed by atoms with E-state index in [1.54, 1.807) is 11.6 Å². The van der Waals surface area contributed by atoms with E-state index in [0.29, 0.717) is 27.4 Å². The number of aromatic nitrogens is 3. The number of rotatable bonds is 6. The molecule has 0 saturated carbocycles. The van der Waals surface area contributed by atoms with Crippen LogP contribution >= 0.6 is 22.9 Å². The molecule has 0 unspecified atom stereocenters. The average Bonchev–Trinajstić information content (AvgIpc) is 3.39. The van der Waals surface area contributed by atoms with Crippen molar-refractivity contribution in [1.29, 1.82) is 0 Å². The van der Waals surface area contributed by atoms with E-state index in [4.69, 9.17) is 17.3 Å². The van der Waals surface area contributed by atoms with Crippen LogP contribution in [-0.2, 0) is 6.54 Å². The summed E-state index contributed by atoms with van der Waals surface area (Å²) in [7, 11) is 0. The number of aryl methyl sites for hydroxylation is 1. The molecule has 0 aliphatic carbocycles. The Bertz CT molecular complexity index is 1700. The van der Waals surface area contributed by atoms with Gasteiger partial charge >= 0.3 is 0 Å². The van der Waals surface area contributed by atoms with Gasteiger partial charge in [-0.1, -0.05) is 23.7 Å². The lowest BCUT2D eigenvalue weighted by Gasteiger charge is -2.27. The molecule has 0 bridgehead atoms. The summed E-state index contributed by atoms with van der Waals surface area (Å²) in [6, 6.07) is 11.9. The van der Waals surface area contributed by atoms with Crippen molar-refractivity contribution in [3.05, 3.63) is 76.0 Å². The fraction of sp³-hybridized carbons (Fsp3) is 0.214. The lowest BCUT2D eigenvalue weighted by Crippen LogP contribution is -2.42. The molecule has 1 saturated heterocycles. The van der Waals surface area contributed by atoms with Crippen LogP contribution in [0, 0.1) is 6.92 Å². The quantitative estimate of drug-likeness (QED) is 0.225. The molecular weight excluding hydrogens is 532 g/mol. The Morgan fingerprint density at radius 2 is 1.97 bits per heavy atom. The number of pyridine rings is 1. The van der Waals surface area contributed by atoms with E-state index in [1.807, 2.05) is 37.3 Å². The lowest BCUT2D eigenvalue weighted by molar-refractivity contribution is 0.102. The summed E-state index contributed by atoms with van der Waals surface area (Å²) in [6.07, 6.45) is 3.12. The van der Waals surface area contributed by atoms with Crippen LogP contribution in [0.2, 0.25) is 5.02 Å². The van der Waals surface area contributed by atoms with Crippen LogP contribution in [0.3, 0.4) is 0 Å². The third-order valence-corrected chi connectivity index (χ3v) is 8.29. The van der Waals surface area contributed by atoms with Crippen LogP contribution in [-0.4, -0.2) is 51.9 Å². The maximum absolute atomic E-state index is 13.3. The number of thiophene rings is 1. The summed E-state index contributed by atoms with van der Waals surface area (Å²) < 4.78 is 0.701. The number of hydrogen-bond donors (Lipinski definition) is 4. The maximum Gasteiger partial charge on any atom is 0.258 e. The molecule has 0 atom stereocenters. The molecule has 1 aliphatic heterocycles. The second-order valence-electron chi connectivity index (χ2n) is 9.51. The molecular formula is C28H27ClN8OS. The molecule has 1 amide bonds. The number of nitrogens with zero attached hydrogens (tertiary/aromatic N) is 4. The van der Waals surface area contributed by atoms with Crippen molar-refractivity contribution in [2.75, 3.05) is 42.5 Å². The van der Waals surface area contributed by atoms with Gasteiger partial charge in [0.25, 0.3) is 5.91 Å². The Kier molecular flexibility index (Phi) is 7.01. The highest BCUT2D eigenvalue weighted by atomic mass is 35.5.